The van der Waals surface area contributed by atoms with Crippen LogP contribution in [-0.2, 0) is 14.4 Å². The highest BCUT2D eigenvalue weighted by Gasteiger charge is 2.64. The number of imide groups is 1. The van der Waals surface area contributed by atoms with Crippen molar-refractivity contribution in [2.45, 2.75) is 31.3 Å². The van der Waals surface area contributed by atoms with Crippen molar-refractivity contribution in [3.63, 3.8) is 0 Å². The zero-order valence-electron chi connectivity index (χ0n) is 16.2. The molecule has 6 nitrogen and oxygen atoms in total. The predicted octanol–water partition coefficient (Wildman–Crippen LogP) is 2.64. The number of likely N-dealkylation sites (tertiary alicyclic amines) is 1. The van der Waals surface area contributed by atoms with Crippen molar-refractivity contribution in [1.29, 1.82) is 5.26 Å². The van der Waals surface area contributed by atoms with Crippen molar-refractivity contribution in [2.24, 2.45) is 0 Å². The van der Waals surface area contributed by atoms with Gasteiger partial charge in [0, 0.05) is 13.8 Å². The maximum Gasteiger partial charge on any atom is 0.250 e. The van der Waals surface area contributed by atoms with Crippen LogP contribution in [0.25, 0.3) is 6.08 Å². The number of rotatable bonds is 4. The highest BCUT2D eigenvalue weighted by Crippen LogP contribution is 2.50. The van der Waals surface area contributed by atoms with Crippen LogP contribution in [0.3, 0.4) is 0 Å². The summed E-state index contributed by atoms with van der Waals surface area (Å²) in [5.74, 6) is -2.14. The number of hydrogen-bond donors (Lipinski definition) is 1. The monoisotopic (exact) mass is 387 g/mol. The van der Waals surface area contributed by atoms with Crippen LogP contribution >= 0.6 is 0 Å². The summed E-state index contributed by atoms with van der Waals surface area (Å²) in [4.78, 5) is 37.9. The molecule has 1 heterocycles. The molecule has 3 atom stereocenters. The Morgan fingerprint density at radius 3 is 2.14 bits per heavy atom. The molecule has 1 saturated heterocycles. The van der Waals surface area contributed by atoms with Gasteiger partial charge in [-0.05, 0) is 17.2 Å². The smallest absolute Gasteiger partial charge is 0.250 e. The Morgan fingerprint density at radius 1 is 1.03 bits per heavy atom. The number of hydrogen-bond acceptors (Lipinski definition) is 4. The van der Waals surface area contributed by atoms with Crippen LogP contribution in [0, 0.1) is 11.3 Å². The van der Waals surface area contributed by atoms with Gasteiger partial charge in [0.15, 0.2) is 5.54 Å². The summed E-state index contributed by atoms with van der Waals surface area (Å²) in [6.07, 6.45) is 3.44. The lowest BCUT2D eigenvalue weighted by Crippen LogP contribution is -2.75. The van der Waals surface area contributed by atoms with Crippen LogP contribution in [0.15, 0.2) is 66.7 Å². The van der Waals surface area contributed by atoms with E-state index in [4.69, 9.17) is 0 Å². The molecule has 3 amide bonds. The van der Waals surface area contributed by atoms with Gasteiger partial charge in [0.05, 0.1) is 12.0 Å². The lowest BCUT2D eigenvalue weighted by atomic mass is 9.64. The number of carbonyl (C=O) groups excluding carboxylic acids is 3. The highest BCUT2D eigenvalue weighted by atomic mass is 16.2. The molecule has 1 aliphatic rings. The second kappa shape index (κ2) is 8.11. The van der Waals surface area contributed by atoms with Crippen LogP contribution < -0.4 is 5.32 Å². The summed E-state index contributed by atoms with van der Waals surface area (Å²) < 4.78 is 0. The van der Waals surface area contributed by atoms with Crippen LogP contribution in [0.2, 0.25) is 0 Å². The molecular weight excluding hydrogens is 366 g/mol. The van der Waals surface area contributed by atoms with E-state index in [9.17, 15) is 19.6 Å². The second-order valence-corrected chi connectivity index (χ2v) is 6.95. The number of amides is 3. The minimum Gasteiger partial charge on any atom is -0.307 e. The largest absolute Gasteiger partial charge is 0.307 e. The van der Waals surface area contributed by atoms with Crippen LogP contribution in [-0.4, -0.2) is 34.2 Å². The van der Waals surface area contributed by atoms with Crippen molar-refractivity contribution in [2.75, 3.05) is 0 Å². The van der Waals surface area contributed by atoms with Crippen molar-refractivity contribution in [3.8, 4) is 6.07 Å². The Labute approximate surface area is 169 Å². The van der Waals surface area contributed by atoms with E-state index in [-0.39, 0.29) is 0 Å². The molecule has 1 N–H and O–H groups in total. The molecule has 29 heavy (non-hydrogen) atoms. The number of nitrogens with one attached hydrogen (secondary N) is 1. The van der Waals surface area contributed by atoms with Gasteiger partial charge < -0.3 is 4.90 Å². The van der Waals surface area contributed by atoms with E-state index in [1.807, 2.05) is 60.7 Å². The fourth-order valence-electron chi connectivity index (χ4n) is 3.89. The molecule has 0 saturated carbocycles. The highest BCUT2D eigenvalue weighted by molar-refractivity contribution is 6.01. The molecule has 0 spiro atoms. The van der Waals surface area contributed by atoms with Gasteiger partial charge in [-0.1, -0.05) is 66.7 Å². The molecule has 1 fully saturated rings. The standard InChI is InChI=1S/C23H21N3O3/c1-16(27)25-22(29)21-20(19-11-7-4-8-12-19)23(15-24,26(21)17(2)28)14-13-18-9-5-3-6-10-18/h3-14,20-21H,1-2H3,(H,25,27,29)/b14-13+/t20-,21+,23+/m1/s1. The summed E-state index contributed by atoms with van der Waals surface area (Å²) in [6.45, 7) is 2.55. The zero-order chi connectivity index (χ0) is 21.0. The predicted molar refractivity (Wildman–Crippen MR) is 108 cm³/mol. The summed E-state index contributed by atoms with van der Waals surface area (Å²) in [5.41, 5.74) is 0.268. The van der Waals surface area contributed by atoms with Gasteiger partial charge in [0.1, 0.15) is 6.04 Å². The van der Waals surface area contributed by atoms with Gasteiger partial charge in [0.25, 0.3) is 0 Å². The van der Waals surface area contributed by atoms with Gasteiger partial charge in [-0.25, -0.2) is 0 Å². The van der Waals surface area contributed by atoms with E-state index < -0.39 is 35.2 Å². The average molecular weight is 387 g/mol. The lowest BCUT2D eigenvalue weighted by molar-refractivity contribution is -0.159. The van der Waals surface area contributed by atoms with E-state index >= 15 is 0 Å². The van der Waals surface area contributed by atoms with Crippen molar-refractivity contribution in [3.05, 3.63) is 77.9 Å². The quantitative estimate of drug-likeness (QED) is 0.873. The first kappa shape index (κ1) is 20.0. The second-order valence-electron chi connectivity index (χ2n) is 6.95. The molecule has 0 unspecified atom stereocenters. The first-order valence-electron chi connectivity index (χ1n) is 9.22. The van der Waals surface area contributed by atoms with Crippen LogP contribution in [0.4, 0.5) is 0 Å². The fourth-order valence-corrected chi connectivity index (χ4v) is 3.89. The van der Waals surface area contributed by atoms with Gasteiger partial charge in [-0.2, -0.15) is 5.26 Å². The van der Waals surface area contributed by atoms with E-state index in [0.717, 1.165) is 11.1 Å². The molecule has 0 bridgehead atoms. The Hall–Kier alpha value is -3.72. The third-order valence-corrected chi connectivity index (χ3v) is 5.04. The topological polar surface area (TPSA) is 90.3 Å². The molecular formula is C23H21N3O3. The van der Waals surface area contributed by atoms with E-state index in [1.54, 1.807) is 12.2 Å². The molecule has 6 heteroatoms. The maximum atomic E-state index is 12.8. The van der Waals surface area contributed by atoms with Gasteiger partial charge in [-0.15, -0.1) is 0 Å². The SMILES string of the molecule is CC(=O)NC(=O)[C@@H]1[C@@H](c2ccccc2)[C@@](C#N)(/C=C/c2ccccc2)N1C(C)=O. The van der Waals surface area contributed by atoms with E-state index in [2.05, 4.69) is 11.4 Å². The molecule has 0 aliphatic carbocycles. The maximum absolute atomic E-state index is 12.8. The Bertz CT molecular complexity index is 995. The molecule has 0 radical (unpaired) electrons. The molecule has 1 aliphatic heterocycles. The fraction of sp³-hybridized carbons (Fsp3) is 0.217. The van der Waals surface area contributed by atoms with E-state index in [0.29, 0.717) is 0 Å². The minimum atomic E-state index is -1.35. The van der Waals surface area contributed by atoms with Crippen LogP contribution in [0.1, 0.15) is 30.9 Å². The minimum absolute atomic E-state index is 0.417. The number of nitriles is 1. The Morgan fingerprint density at radius 2 is 1.62 bits per heavy atom. The summed E-state index contributed by atoms with van der Waals surface area (Å²) in [5, 5.41) is 12.4. The summed E-state index contributed by atoms with van der Waals surface area (Å²) in [6, 6.07) is 19.8. The first-order valence-corrected chi connectivity index (χ1v) is 9.22. The van der Waals surface area contributed by atoms with Crippen molar-refractivity contribution >= 4 is 23.8 Å². The van der Waals surface area contributed by atoms with Crippen LogP contribution in [0.5, 0.6) is 0 Å². The molecule has 2 aromatic rings. The summed E-state index contributed by atoms with van der Waals surface area (Å²) >= 11 is 0. The third-order valence-electron chi connectivity index (χ3n) is 5.04. The molecule has 3 rings (SSSR count). The molecule has 0 aromatic heterocycles. The Balaban J connectivity index is 2.11. The van der Waals surface area contributed by atoms with Gasteiger partial charge in [0.2, 0.25) is 17.7 Å². The Kier molecular flexibility index (Phi) is 5.60. The molecule has 146 valence electrons. The van der Waals surface area contributed by atoms with Gasteiger partial charge in [-0.3, -0.25) is 19.7 Å². The van der Waals surface area contributed by atoms with Gasteiger partial charge >= 0.3 is 0 Å². The number of carbonyl (C=O) groups is 3. The van der Waals surface area contributed by atoms with E-state index in [1.165, 1.54) is 18.7 Å². The molecule has 2 aromatic carbocycles. The van der Waals surface area contributed by atoms with Crippen molar-refractivity contribution < 1.29 is 14.4 Å². The summed E-state index contributed by atoms with van der Waals surface area (Å²) in [7, 11) is 0. The first-order chi connectivity index (χ1) is 13.9. The zero-order valence-corrected chi connectivity index (χ0v) is 16.2. The normalized spacial score (nSPS) is 23.1. The number of benzene rings is 2. The lowest BCUT2D eigenvalue weighted by Gasteiger charge is -2.58. The third kappa shape index (κ3) is 3.67. The average Bonchev–Trinajstić information content (AvgIpc) is 2.68. The number of nitrogens with zero attached hydrogens (tertiary/aromatic N) is 2. The van der Waals surface area contributed by atoms with Crippen molar-refractivity contribution in [1.82, 2.24) is 10.2 Å².